The Kier molecular flexibility index (Phi) is 5.36. The largest absolute Gasteiger partial charge is 0.497 e. The number of carbonyl (C=O) groups excluding carboxylic acids is 1. The maximum absolute atomic E-state index is 13.2. The number of halogens is 1. The molecule has 1 N–H and O–H groups in total. The molecule has 2 aromatic carbocycles. The molecule has 150 valence electrons. The summed E-state index contributed by atoms with van der Waals surface area (Å²) in [6, 6.07) is 16.3. The molecular formula is C22H22ClN3O3. The van der Waals surface area contributed by atoms with E-state index in [2.05, 4.69) is 9.88 Å². The van der Waals surface area contributed by atoms with Crippen molar-refractivity contribution < 1.29 is 14.3 Å². The van der Waals surface area contributed by atoms with Crippen molar-refractivity contribution in [2.75, 3.05) is 26.1 Å². The topological polar surface area (TPSA) is 55.7 Å². The number of hydrogen-bond donors (Lipinski definition) is 1. The van der Waals surface area contributed by atoms with E-state index in [1.165, 1.54) is 0 Å². The Hall–Kier alpha value is -3.12. The lowest BCUT2D eigenvalue weighted by Crippen LogP contribution is -2.44. The van der Waals surface area contributed by atoms with E-state index in [4.69, 9.17) is 21.1 Å². The van der Waals surface area contributed by atoms with Gasteiger partial charge in [-0.15, -0.1) is 0 Å². The van der Waals surface area contributed by atoms with Crippen molar-refractivity contribution in [3.8, 4) is 11.5 Å². The number of hydrogen-bond acceptors (Lipinski definition) is 3. The predicted octanol–water partition coefficient (Wildman–Crippen LogP) is 4.80. The van der Waals surface area contributed by atoms with Crippen LogP contribution in [0.3, 0.4) is 0 Å². The minimum absolute atomic E-state index is 0.192. The molecule has 6 nitrogen and oxygen atoms in total. The summed E-state index contributed by atoms with van der Waals surface area (Å²) in [4.78, 5) is 15.0. The maximum Gasteiger partial charge on any atom is 0.322 e. The molecule has 4 rings (SSSR count). The second-order valence-electron chi connectivity index (χ2n) is 6.77. The molecule has 1 aromatic heterocycles. The van der Waals surface area contributed by atoms with Crippen LogP contribution in [0.4, 0.5) is 10.5 Å². The van der Waals surface area contributed by atoms with Gasteiger partial charge in [0, 0.05) is 47.3 Å². The highest BCUT2D eigenvalue weighted by molar-refractivity contribution is 6.30. The lowest BCUT2D eigenvalue weighted by atomic mass is 9.99. The van der Waals surface area contributed by atoms with Crippen molar-refractivity contribution in [1.29, 1.82) is 0 Å². The first-order valence-electron chi connectivity index (χ1n) is 9.31. The highest BCUT2D eigenvalue weighted by atomic mass is 35.5. The van der Waals surface area contributed by atoms with Crippen LogP contribution in [-0.4, -0.2) is 36.3 Å². The molecule has 0 fully saturated rings. The molecule has 0 aliphatic carbocycles. The zero-order valence-corrected chi connectivity index (χ0v) is 17.0. The molecule has 7 heteroatoms. The van der Waals surface area contributed by atoms with Crippen molar-refractivity contribution in [2.24, 2.45) is 0 Å². The van der Waals surface area contributed by atoms with Crippen LogP contribution < -0.4 is 14.8 Å². The number of benzene rings is 2. The Bertz CT molecular complexity index is 1030. The third-order valence-electron chi connectivity index (χ3n) is 5.11. The van der Waals surface area contributed by atoms with Gasteiger partial charge in [-0.05, 0) is 42.5 Å². The van der Waals surface area contributed by atoms with E-state index >= 15 is 0 Å². The number of amides is 2. The van der Waals surface area contributed by atoms with E-state index in [1.54, 1.807) is 26.4 Å². The summed E-state index contributed by atoms with van der Waals surface area (Å²) in [6.45, 7) is 1.29. The Morgan fingerprint density at radius 1 is 1.07 bits per heavy atom. The minimum Gasteiger partial charge on any atom is -0.497 e. The predicted molar refractivity (Wildman–Crippen MR) is 113 cm³/mol. The fourth-order valence-corrected chi connectivity index (χ4v) is 3.93. The number of methoxy groups -OCH3 is 2. The second-order valence-corrected chi connectivity index (χ2v) is 7.21. The molecule has 0 spiro atoms. The van der Waals surface area contributed by atoms with E-state index in [1.807, 2.05) is 53.6 Å². The first-order valence-corrected chi connectivity index (χ1v) is 9.68. The number of rotatable bonds is 4. The Morgan fingerprint density at radius 3 is 2.69 bits per heavy atom. The van der Waals surface area contributed by atoms with Gasteiger partial charge in [0.05, 0.1) is 14.2 Å². The molecule has 2 amide bonds. The number of ether oxygens (including phenoxy) is 2. The number of anilines is 1. The molecular weight excluding hydrogens is 390 g/mol. The normalized spacial score (nSPS) is 15.6. The Morgan fingerprint density at radius 2 is 1.93 bits per heavy atom. The van der Waals surface area contributed by atoms with Gasteiger partial charge in [0.2, 0.25) is 0 Å². The van der Waals surface area contributed by atoms with E-state index in [0.29, 0.717) is 28.8 Å². The molecule has 0 radical (unpaired) electrons. The molecule has 0 bridgehead atoms. The highest BCUT2D eigenvalue weighted by Gasteiger charge is 2.34. The van der Waals surface area contributed by atoms with E-state index in [0.717, 1.165) is 17.8 Å². The zero-order valence-electron chi connectivity index (χ0n) is 16.3. The third kappa shape index (κ3) is 3.76. The van der Waals surface area contributed by atoms with Gasteiger partial charge in [-0.2, -0.15) is 0 Å². The number of nitrogens with zero attached hydrogens (tertiary/aromatic N) is 2. The quantitative estimate of drug-likeness (QED) is 0.671. The number of carbonyl (C=O) groups is 1. The van der Waals surface area contributed by atoms with Gasteiger partial charge in [-0.3, -0.25) is 0 Å². The summed E-state index contributed by atoms with van der Waals surface area (Å²) in [6.07, 6.45) is 2.03. The summed E-state index contributed by atoms with van der Waals surface area (Å²) in [5, 5.41) is 3.54. The lowest BCUT2D eigenvalue weighted by molar-refractivity contribution is 0.180. The second kappa shape index (κ2) is 8.09. The molecule has 0 saturated carbocycles. The Labute approximate surface area is 174 Å². The van der Waals surface area contributed by atoms with Crippen molar-refractivity contribution in [3.63, 3.8) is 0 Å². The molecule has 2 heterocycles. The van der Waals surface area contributed by atoms with Crippen LogP contribution in [0.1, 0.15) is 17.3 Å². The summed E-state index contributed by atoms with van der Waals surface area (Å²) >= 11 is 6.06. The fraction of sp³-hybridized carbons (Fsp3) is 0.227. The standard InChI is InChI=1S/C22H22ClN3O3/c1-28-17-8-9-18(20(14-17)29-2)21-19-7-4-10-25(19)11-12-26(21)22(27)24-16-6-3-5-15(23)13-16/h3-10,13-14,21H,11-12H2,1-2H3,(H,24,27)/t21-/m1/s1. The number of fused-ring (bicyclic) bond motifs is 1. The van der Waals surface area contributed by atoms with Gasteiger partial charge in [0.25, 0.3) is 0 Å². The number of urea groups is 1. The van der Waals surface area contributed by atoms with Gasteiger partial charge in [-0.1, -0.05) is 17.7 Å². The summed E-state index contributed by atoms with van der Waals surface area (Å²) in [7, 11) is 3.24. The van der Waals surface area contributed by atoms with Gasteiger partial charge in [0.1, 0.15) is 17.5 Å². The average molecular weight is 412 g/mol. The van der Waals surface area contributed by atoms with Gasteiger partial charge in [-0.25, -0.2) is 4.79 Å². The molecule has 1 aliphatic rings. The van der Waals surface area contributed by atoms with Crippen LogP contribution in [0.25, 0.3) is 0 Å². The van der Waals surface area contributed by atoms with Crippen LogP contribution in [0.5, 0.6) is 11.5 Å². The van der Waals surface area contributed by atoms with Crippen LogP contribution in [-0.2, 0) is 6.54 Å². The van der Waals surface area contributed by atoms with E-state index < -0.39 is 0 Å². The molecule has 0 saturated heterocycles. The molecule has 1 atom stereocenters. The summed E-state index contributed by atoms with van der Waals surface area (Å²) < 4.78 is 13.1. The monoisotopic (exact) mass is 411 g/mol. The van der Waals surface area contributed by atoms with E-state index in [9.17, 15) is 4.79 Å². The average Bonchev–Trinajstić information content (AvgIpc) is 3.21. The van der Waals surface area contributed by atoms with Gasteiger partial charge < -0.3 is 24.3 Å². The number of nitrogens with one attached hydrogen (secondary N) is 1. The van der Waals surface area contributed by atoms with Crippen molar-refractivity contribution in [2.45, 2.75) is 12.6 Å². The van der Waals surface area contributed by atoms with Crippen molar-refractivity contribution in [3.05, 3.63) is 77.1 Å². The minimum atomic E-state index is -0.293. The molecule has 29 heavy (non-hydrogen) atoms. The Balaban J connectivity index is 1.73. The molecule has 1 aliphatic heterocycles. The van der Waals surface area contributed by atoms with Gasteiger partial charge in [0.15, 0.2) is 0 Å². The van der Waals surface area contributed by atoms with Gasteiger partial charge >= 0.3 is 6.03 Å². The SMILES string of the molecule is COc1ccc([C@@H]2c3cccn3CCN2C(=O)Nc2cccc(Cl)c2)c(OC)c1. The fourth-order valence-electron chi connectivity index (χ4n) is 3.74. The first kappa shape index (κ1) is 19.2. The zero-order chi connectivity index (χ0) is 20.4. The number of aromatic nitrogens is 1. The first-order chi connectivity index (χ1) is 14.1. The van der Waals surface area contributed by atoms with Crippen LogP contribution in [0, 0.1) is 0 Å². The third-order valence-corrected chi connectivity index (χ3v) is 5.35. The van der Waals surface area contributed by atoms with Crippen molar-refractivity contribution in [1.82, 2.24) is 9.47 Å². The molecule has 0 unspecified atom stereocenters. The van der Waals surface area contributed by atoms with E-state index in [-0.39, 0.29) is 12.1 Å². The van der Waals surface area contributed by atoms with Crippen molar-refractivity contribution >= 4 is 23.3 Å². The summed E-state index contributed by atoms with van der Waals surface area (Å²) in [5.41, 5.74) is 2.58. The highest BCUT2D eigenvalue weighted by Crippen LogP contribution is 2.39. The van der Waals surface area contributed by atoms with Crippen LogP contribution >= 0.6 is 11.6 Å². The lowest BCUT2D eigenvalue weighted by Gasteiger charge is -2.37. The summed E-state index contributed by atoms with van der Waals surface area (Å²) in [5.74, 6) is 1.37. The van der Waals surface area contributed by atoms with Crippen LogP contribution in [0.2, 0.25) is 5.02 Å². The molecule has 3 aromatic rings. The smallest absolute Gasteiger partial charge is 0.322 e. The van der Waals surface area contributed by atoms with Crippen LogP contribution in [0.15, 0.2) is 60.8 Å². The maximum atomic E-state index is 13.2.